The van der Waals surface area contributed by atoms with Crippen molar-refractivity contribution in [1.82, 2.24) is 0 Å². The van der Waals surface area contributed by atoms with E-state index in [0.29, 0.717) is 24.0 Å². The normalized spacial score (nSPS) is 22.5. The van der Waals surface area contributed by atoms with Gasteiger partial charge in [0.05, 0.1) is 22.8 Å². The fraction of sp³-hybridized carbons (Fsp3) is 0.556. The van der Waals surface area contributed by atoms with Crippen LogP contribution in [0.25, 0.3) is 0 Å². The monoisotopic (exact) mass is 326 g/mol. The summed E-state index contributed by atoms with van der Waals surface area (Å²) in [4.78, 5) is 13.9. The lowest BCUT2D eigenvalue weighted by Crippen LogP contribution is -2.41. The molecule has 0 bridgehead atoms. The highest BCUT2D eigenvalue weighted by molar-refractivity contribution is 6.62. The van der Waals surface area contributed by atoms with Gasteiger partial charge in [0.15, 0.2) is 0 Å². The minimum Gasteiger partial charge on any atom is -0.399 e. The summed E-state index contributed by atoms with van der Waals surface area (Å²) in [5, 5.41) is 9.56. The minimum absolute atomic E-state index is 0.119. The number of carbonyl (C=O) groups excluding carboxylic acids is 1. The van der Waals surface area contributed by atoms with Gasteiger partial charge in [-0.1, -0.05) is 6.07 Å². The van der Waals surface area contributed by atoms with Crippen LogP contribution in [0.1, 0.15) is 52.5 Å². The zero-order valence-corrected chi connectivity index (χ0v) is 14.8. The molecule has 0 aromatic heterocycles. The molecule has 126 valence electrons. The number of nitriles is 1. The van der Waals surface area contributed by atoms with Crippen molar-refractivity contribution in [3.63, 3.8) is 0 Å². The molecule has 0 radical (unpaired) electrons. The highest BCUT2D eigenvalue weighted by atomic mass is 16.7. The number of anilines is 1. The van der Waals surface area contributed by atoms with E-state index < -0.39 is 18.3 Å². The molecule has 1 aromatic rings. The first kappa shape index (κ1) is 17.0. The third-order valence-electron chi connectivity index (χ3n) is 5.30. The van der Waals surface area contributed by atoms with Crippen molar-refractivity contribution in [3.8, 4) is 6.07 Å². The maximum atomic E-state index is 12.1. The second-order valence-corrected chi connectivity index (χ2v) is 7.47. The Morgan fingerprint density at radius 1 is 1.17 bits per heavy atom. The lowest BCUT2D eigenvalue weighted by Gasteiger charge is -2.32. The molecule has 1 aromatic carbocycles. The molecule has 2 fully saturated rings. The van der Waals surface area contributed by atoms with E-state index in [1.54, 1.807) is 11.0 Å². The Morgan fingerprint density at radius 3 is 2.42 bits per heavy atom. The quantitative estimate of drug-likeness (QED) is 0.783. The van der Waals surface area contributed by atoms with E-state index >= 15 is 0 Å². The van der Waals surface area contributed by atoms with E-state index in [9.17, 15) is 10.1 Å². The summed E-state index contributed by atoms with van der Waals surface area (Å²) < 4.78 is 12.1. The first-order valence-corrected chi connectivity index (χ1v) is 8.45. The molecule has 0 unspecified atom stereocenters. The van der Waals surface area contributed by atoms with Crippen molar-refractivity contribution in [1.29, 1.82) is 5.26 Å². The first-order valence-electron chi connectivity index (χ1n) is 8.45. The number of rotatable bonds is 2. The Morgan fingerprint density at radius 2 is 1.83 bits per heavy atom. The minimum atomic E-state index is -0.573. The van der Waals surface area contributed by atoms with Crippen LogP contribution in [-0.4, -0.2) is 30.8 Å². The second kappa shape index (κ2) is 5.91. The summed E-state index contributed by atoms with van der Waals surface area (Å²) in [5.74, 6) is 0.119. The van der Waals surface area contributed by atoms with Gasteiger partial charge in [-0.15, -0.1) is 0 Å². The Kier molecular flexibility index (Phi) is 4.19. The standard InChI is InChI=1S/C18H23BN2O3/c1-17(2)18(3,4)24-19(23-17)15-9-8-14(11-13(15)12-20)21-10-6-5-7-16(21)22/h8-9,11H,5-7,10H2,1-4H3. The summed E-state index contributed by atoms with van der Waals surface area (Å²) in [6.07, 6.45) is 2.50. The van der Waals surface area contributed by atoms with Gasteiger partial charge in [-0.25, -0.2) is 0 Å². The SMILES string of the molecule is CC1(C)OB(c2ccc(N3CCCCC3=O)cc2C#N)OC1(C)C. The number of amides is 1. The van der Waals surface area contributed by atoms with Crippen molar-refractivity contribution in [2.45, 2.75) is 58.2 Å². The molecule has 5 nitrogen and oxygen atoms in total. The number of piperidine rings is 1. The molecular formula is C18H23BN2O3. The number of hydrogen-bond donors (Lipinski definition) is 0. The highest BCUT2D eigenvalue weighted by Gasteiger charge is 2.52. The summed E-state index contributed by atoms with van der Waals surface area (Å²) in [7, 11) is -0.573. The van der Waals surface area contributed by atoms with Gasteiger partial charge in [0, 0.05) is 24.1 Å². The van der Waals surface area contributed by atoms with E-state index in [1.165, 1.54) is 0 Å². The van der Waals surface area contributed by atoms with Crippen molar-refractivity contribution in [2.75, 3.05) is 11.4 Å². The van der Waals surface area contributed by atoms with E-state index in [0.717, 1.165) is 18.5 Å². The molecule has 3 rings (SSSR count). The molecule has 0 saturated carbocycles. The van der Waals surface area contributed by atoms with Gasteiger partial charge < -0.3 is 14.2 Å². The summed E-state index contributed by atoms with van der Waals surface area (Å²) in [5.41, 5.74) is 1.07. The predicted molar refractivity (Wildman–Crippen MR) is 93.1 cm³/mol. The second-order valence-electron chi connectivity index (χ2n) is 7.47. The first-order chi connectivity index (χ1) is 11.2. The van der Waals surface area contributed by atoms with Gasteiger partial charge >= 0.3 is 7.12 Å². The Bertz CT molecular complexity index is 693. The maximum absolute atomic E-state index is 12.1. The predicted octanol–water partition coefficient (Wildman–Crippen LogP) is 2.37. The van der Waals surface area contributed by atoms with Crippen molar-refractivity contribution in [2.24, 2.45) is 0 Å². The molecule has 6 heteroatoms. The van der Waals surface area contributed by atoms with E-state index in [-0.39, 0.29) is 5.91 Å². The van der Waals surface area contributed by atoms with E-state index in [1.807, 2.05) is 39.8 Å². The average Bonchev–Trinajstić information content (AvgIpc) is 2.75. The van der Waals surface area contributed by atoms with Crippen LogP contribution in [0.4, 0.5) is 5.69 Å². The number of nitrogens with zero attached hydrogens (tertiary/aromatic N) is 2. The summed E-state index contributed by atoms with van der Waals surface area (Å²) >= 11 is 0. The van der Waals surface area contributed by atoms with Crippen molar-refractivity contribution < 1.29 is 14.1 Å². The van der Waals surface area contributed by atoms with Gasteiger partial charge in [0.25, 0.3) is 0 Å². The Hall–Kier alpha value is -1.84. The fourth-order valence-electron chi connectivity index (χ4n) is 3.06. The molecule has 2 saturated heterocycles. The largest absolute Gasteiger partial charge is 0.496 e. The van der Waals surface area contributed by atoms with Gasteiger partial charge in [0.2, 0.25) is 5.91 Å². The third kappa shape index (κ3) is 2.83. The average molecular weight is 326 g/mol. The van der Waals surface area contributed by atoms with Crippen LogP contribution in [0.5, 0.6) is 0 Å². The molecule has 1 amide bonds. The van der Waals surface area contributed by atoms with Gasteiger partial charge in [-0.3, -0.25) is 4.79 Å². The van der Waals surface area contributed by atoms with Crippen LogP contribution in [0.3, 0.4) is 0 Å². The third-order valence-corrected chi connectivity index (χ3v) is 5.30. The van der Waals surface area contributed by atoms with Crippen LogP contribution in [0.15, 0.2) is 18.2 Å². The van der Waals surface area contributed by atoms with Crippen LogP contribution in [0, 0.1) is 11.3 Å². The molecule has 24 heavy (non-hydrogen) atoms. The van der Waals surface area contributed by atoms with Crippen LogP contribution < -0.4 is 10.4 Å². The maximum Gasteiger partial charge on any atom is 0.496 e. The molecule has 2 aliphatic rings. The molecule has 2 heterocycles. The molecule has 0 aliphatic carbocycles. The smallest absolute Gasteiger partial charge is 0.399 e. The van der Waals surface area contributed by atoms with Crippen LogP contribution in [-0.2, 0) is 14.1 Å². The van der Waals surface area contributed by atoms with Crippen molar-refractivity contribution in [3.05, 3.63) is 23.8 Å². The molecule has 2 aliphatic heterocycles. The Labute approximate surface area is 143 Å². The fourth-order valence-corrected chi connectivity index (χ4v) is 3.06. The van der Waals surface area contributed by atoms with Gasteiger partial charge in [0.1, 0.15) is 0 Å². The van der Waals surface area contributed by atoms with Crippen molar-refractivity contribution >= 4 is 24.2 Å². The molecule has 0 spiro atoms. The zero-order chi connectivity index (χ0) is 17.5. The number of hydrogen-bond acceptors (Lipinski definition) is 4. The Balaban J connectivity index is 1.91. The summed E-state index contributed by atoms with van der Waals surface area (Å²) in [6.45, 7) is 8.65. The van der Waals surface area contributed by atoms with Crippen LogP contribution >= 0.6 is 0 Å². The number of benzene rings is 1. The van der Waals surface area contributed by atoms with Crippen LogP contribution in [0.2, 0.25) is 0 Å². The lowest BCUT2D eigenvalue weighted by molar-refractivity contribution is -0.119. The topological polar surface area (TPSA) is 62.6 Å². The molecule has 0 atom stereocenters. The van der Waals surface area contributed by atoms with Gasteiger partial charge in [-0.05, 0) is 52.7 Å². The zero-order valence-electron chi connectivity index (χ0n) is 14.8. The van der Waals surface area contributed by atoms with E-state index in [2.05, 4.69) is 6.07 Å². The molecule has 0 N–H and O–H groups in total. The van der Waals surface area contributed by atoms with E-state index in [4.69, 9.17) is 9.31 Å². The highest BCUT2D eigenvalue weighted by Crippen LogP contribution is 2.37. The summed E-state index contributed by atoms with van der Waals surface area (Å²) in [6, 6.07) is 7.72. The number of carbonyl (C=O) groups is 1. The van der Waals surface area contributed by atoms with Gasteiger partial charge in [-0.2, -0.15) is 5.26 Å². The lowest BCUT2D eigenvalue weighted by atomic mass is 9.76. The molecular weight excluding hydrogens is 303 g/mol.